The number of alkyl halides is 1. The van der Waals surface area contributed by atoms with Gasteiger partial charge in [0.05, 0.1) is 12.5 Å². The third-order valence-electron chi connectivity index (χ3n) is 2.66. The molecule has 2 aliphatic heterocycles. The van der Waals surface area contributed by atoms with Gasteiger partial charge in [-0.15, -0.1) is 0 Å². The van der Waals surface area contributed by atoms with Crippen LogP contribution in [-0.4, -0.2) is 43.8 Å². The molecule has 4 heteroatoms. The Morgan fingerprint density at radius 3 is 3.08 bits per heavy atom. The molecule has 0 unspecified atom stereocenters. The molecule has 0 amide bonds. The Morgan fingerprint density at radius 1 is 1.58 bits per heavy atom. The minimum atomic E-state index is -0.325. The Kier molecular flexibility index (Phi) is 2.00. The van der Waals surface area contributed by atoms with Gasteiger partial charge >= 0.3 is 5.97 Å². The van der Waals surface area contributed by atoms with Crippen LogP contribution in [0.2, 0.25) is 0 Å². The van der Waals surface area contributed by atoms with E-state index < -0.39 is 0 Å². The number of halogens is 1. The van der Waals surface area contributed by atoms with Crippen LogP contribution in [-0.2, 0) is 9.53 Å². The van der Waals surface area contributed by atoms with Crippen LogP contribution in [0.1, 0.15) is 0 Å². The second-order valence-electron chi connectivity index (χ2n) is 3.45. The summed E-state index contributed by atoms with van der Waals surface area (Å²) in [6.45, 7) is 2.18. The number of likely N-dealkylation sites (tertiary alicyclic amines) is 1. The molecule has 2 rings (SSSR count). The van der Waals surface area contributed by atoms with Gasteiger partial charge in [0.2, 0.25) is 0 Å². The molecule has 0 saturated carbocycles. The largest absolute Gasteiger partial charge is 0.465 e. The Bertz CT molecular complexity index is 197. The van der Waals surface area contributed by atoms with E-state index in [0.717, 1.165) is 6.54 Å². The van der Waals surface area contributed by atoms with Gasteiger partial charge in [-0.1, -0.05) is 0 Å². The molecular weight excluding hydrogens is 161 g/mol. The van der Waals surface area contributed by atoms with Gasteiger partial charge in [-0.25, -0.2) is 4.39 Å². The molecule has 2 aliphatic rings. The van der Waals surface area contributed by atoms with E-state index in [1.165, 1.54) is 0 Å². The number of hydrogen-bond acceptors (Lipinski definition) is 3. The van der Waals surface area contributed by atoms with Crippen molar-refractivity contribution in [3.8, 4) is 0 Å². The Morgan fingerprint density at radius 2 is 2.42 bits per heavy atom. The summed E-state index contributed by atoms with van der Waals surface area (Å²) in [6.07, 6.45) is 0. The lowest BCUT2D eigenvalue weighted by Gasteiger charge is -2.13. The van der Waals surface area contributed by atoms with Crippen molar-refractivity contribution in [3.63, 3.8) is 0 Å². The van der Waals surface area contributed by atoms with Crippen molar-refractivity contribution in [1.82, 2.24) is 4.90 Å². The average Bonchev–Trinajstić information content (AvgIpc) is 2.55. The molecule has 2 heterocycles. The zero-order valence-corrected chi connectivity index (χ0v) is 6.83. The van der Waals surface area contributed by atoms with Crippen molar-refractivity contribution in [1.29, 1.82) is 0 Å². The zero-order chi connectivity index (χ0) is 8.55. The molecule has 2 saturated heterocycles. The van der Waals surface area contributed by atoms with E-state index in [9.17, 15) is 9.18 Å². The minimum absolute atomic E-state index is 0.0246. The summed E-state index contributed by atoms with van der Waals surface area (Å²) < 4.78 is 16.8. The van der Waals surface area contributed by atoms with Crippen molar-refractivity contribution < 1.29 is 13.9 Å². The van der Waals surface area contributed by atoms with Crippen LogP contribution in [0, 0.1) is 11.8 Å². The van der Waals surface area contributed by atoms with Gasteiger partial charge in [0.1, 0.15) is 6.67 Å². The first-order valence-electron chi connectivity index (χ1n) is 4.26. The van der Waals surface area contributed by atoms with Gasteiger partial charge in [0.15, 0.2) is 0 Å². The van der Waals surface area contributed by atoms with Gasteiger partial charge in [-0.2, -0.15) is 0 Å². The molecule has 0 aliphatic carbocycles. The second-order valence-corrected chi connectivity index (χ2v) is 3.45. The van der Waals surface area contributed by atoms with Crippen molar-refractivity contribution in [2.75, 3.05) is 32.9 Å². The molecule has 2 atom stereocenters. The number of esters is 1. The number of hydrogen-bond donors (Lipinski definition) is 0. The van der Waals surface area contributed by atoms with E-state index in [-0.39, 0.29) is 18.6 Å². The lowest BCUT2D eigenvalue weighted by molar-refractivity contribution is -0.141. The van der Waals surface area contributed by atoms with Gasteiger partial charge < -0.3 is 4.74 Å². The second kappa shape index (κ2) is 3.01. The maximum Gasteiger partial charge on any atom is 0.310 e. The fourth-order valence-corrected chi connectivity index (χ4v) is 1.99. The Labute approximate surface area is 70.5 Å². The topological polar surface area (TPSA) is 29.5 Å². The van der Waals surface area contributed by atoms with E-state index in [0.29, 0.717) is 25.6 Å². The van der Waals surface area contributed by atoms with E-state index >= 15 is 0 Å². The van der Waals surface area contributed by atoms with Crippen molar-refractivity contribution >= 4 is 5.97 Å². The maximum atomic E-state index is 12.0. The number of cyclic esters (lactones) is 1. The number of carbonyl (C=O) groups excluding carboxylic acids is 1. The van der Waals surface area contributed by atoms with Gasteiger partial charge in [-0.05, 0) is 0 Å². The lowest BCUT2D eigenvalue weighted by Crippen LogP contribution is -2.26. The van der Waals surface area contributed by atoms with Gasteiger partial charge in [-0.3, -0.25) is 9.69 Å². The number of nitrogens with zero attached hydrogens (tertiary/aromatic N) is 1. The van der Waals surface area contributed by atoms with Crippen LogP contribution >= 0.6 is 0 Å². The molecule has 0 aromatic carbocycles. The Balaban J connectivity index is 1.94. The van der Waals surface area contributed by atoms with Crippen molar-refractivity contribution in [2.24, 2.45) is 11.8 Å². The Hall–Kier alpha value is -0.640. The summed E-state index contributed by atoms with van der Waals surface area (Å²) in [5, 5.41) is 0. The number of carbonyl (C=O) groups is 1. The first-order valence-corrected chi connectivity index (χ1v) is 4.26. The molecule has 3 nitrogen and oxygen atoms in total. The number of ether oxygens (including phenoxy) is 1. The van der Waals surface area contributed by atoms with Crippen LogP contribution < -0.4 is 0 Å². The smallest absolute Gasteiger partial charge is 0.310 e. The first-order chi connectivity index (χ1) is 5.81. The third kappa shape index (κ3) is 1.20. The summed E-state index contributed by atoms with van der Waals surface area (Å²) in [7, 11) is 0. The van der Waals surface area contributed by atoms with E-state index in [4.69, 9.17) is 4.74 Å². The van der Waals surface area contributed by atoms with Crippen molar-refractivity contribution in [3.05, 3.63) is 0 Å². The minimum Gasteiger partial charge on any atom is -0.465 e. The molecule has 0 N–H and O–H groups in total. The number of fused-ring (bicyclic) bond motifs is 1. The summed E-state index contributed by atoms with van der Waals surface area (Å²) in [5.74, 6) is 0.252. The molecule has 0 spiro atoms. The van der Waals surface area contributed by atoms with Crippen LogP contribution in [0.25, 0.3) is 0 Å². The molecule has 2 fully saturated rings. The molecule has 0 aromatic rings. The molecule has 0 bridgehead atoms. The fourth-order valence-electron chi connectivity index (χ4n) is 1.99. The number of rotatable bonds is 2. The lowest BCUT2D eigenvalue weighted by atomic mass is 10.0. The highest BCUT2D eigenvalue weighted by atomic mass is 19.1. The highest BCUT2D eigenvalue weighted by Crippen LogP contribution is 2.29. The highest BCUT2D eigenvalue weighted by Gasteiger charge is 2.43. The normalized spacial score (nSPS) is 35.2. The summed E-state index contributed by atoms with van der Waals surface area (Å²) in [4.78, 5) is 13.1. The van der Waals surface area contributed by atoms with E-state index in [1.807, 2.05) is 4.90 Å². The van der Waals surface area contributed by atoms with Crippen molar-refractivity contribution in [2.45, 2.75) is 0 Å². The molecule has 0 radical (unpaired) electrons. The summed E-state index contributed by atoms with van der Waals surface area (Å²) in [6, 6.07) is 0. The molecule has 68 valence electrons. The molecular formula is C8H12FNO2. The van der Waals surface area contributed by atoms with E-state index in [1.54, 1.807) is 0 Å². The van der Waals surface area contributed by atoms with Crippen LogP contribution in [0.15, 0.2) is 0 Å². The van der Waals surface area contributed by atoms with Gasteiger partial charge in [0.25, 0.3) is 0 Å². The standard InChI is InChI=1S/C8H12FNO2/c9-1-2-10-3-6-5-12-8(11)7(6)4-10/h6-7H,1-5H2/t6-,7-/m1/s1. The van der Waals surface area contributed by atoms with Crippen LogP contribution in [0.4, 0.5) is 4.39 Å². The summed E-state index contributed by atoms with van der Waals surface area (Å²) in [5.41, 5.74) is 0. The zero-order valence-electron chi connectivity index (χ0n) is 6.83. The highest BCUT2D eigenvalue weighted by molar-refractivity contribution is 5.75. The SMILES string of the molecule is O=C1OC[C@H]2CN(CCF)C[C@@H]12. The van der Waals surface area contributed by atoms with Crippen LogP contribution in [0.5, 0.6) is 0 Å². The first kappa shape index (κ1) is 7.98. The fraction of sp³-hybridized carbons (Fsp3) is 0.875. The average molecular weight is 173 g/mol. The maximum absolute atomic E-state index is 12.0. The predicted octanol–water partition coefficient (Wildman–Crippen LogP) is 0.0607. The molecule has 12 heavy (non-hydrogen) atoms. The van der Waals surface area contributed by atoms with E-state index in [2.05, 4.69) is 0 Å². The monoisotopic (exact) mass is 173 g/mol. The predicted molar refractivity (Wildman–Crippen MR) is 40.4 cm³/mol. The van der Waals surface area contributed by atoms with Gasteiger partial charge in [0, 0.05) is 25.6 Å². The van der Waals surface area contributed by atoms with Crippen LogP contribution in [0.3, 0.4) is 0 Å². The molecule has 0 aromatic heterocycles. The summed E-state index contributed by atoms with van der Waals surface area (Å²) >= 11 is 0. The third-order valence-corrected chi connectivity index (χ3v) is 2.66. The quantitative estimate of drug-likeness (QED) is 0.553.